The second-order valence-electron chi connectivity index (χ2n) is 6.67. The molecule has 4 amide bonds. The number of carbonyl (C=O) groups excluding carboxylic acids is 3. The Kier molecular flexibility index (Phi) is 4.10. The fraction of sp³-hybridized carbons (Fsp3) is 0.714. The predicted octanol–water partition coefficient (Wildman–Crippen LogP) is 0.386. The van der Waals surface area contributed by atoms with E-state index >= 15 is 0 Å². The molecule has 1 aromatic rings. The van der Waals surface area contributed by atoms with Crippen LogP contribution in [0.25, 0.3) is 0 Å². The molecule has 3 aliphatic rings. The Morgan fingerprint density at radius 3 is 2.76 bits per heavy atom. The van der Waals surface area contributed by atoms with Crippen LogP contribution in [0.4, 0.5) is 4.79 Å². The summed E-state index contributed by atoms with van der Waals surface area (Å²) >= 11 is 1.19. The molecule has 0 aromatic carbocycles. The van der Waals surface area contributed by atoms with Gasteiger partial charge in [0.15, 0.2) is 0 Å². The first-order valence-electron chi connectivity index (χ1n) is 8.46. The van der Waals surface area contributed by atoms with Crippen LogP contribution in [0.15, 0.2) is 5.16 Å². The van der Waals surface area contributed by atoms with Crippen molar-refractivity contribution in [3.63, 3.8) is 0 Å². The highest BCUT2D eigenvalue weighted by atomic mass is 32.2. The fourth-order valence-corrected chi connectivity index (χ4v) is 4.07. The summed E-state index contributed by atoms with van der Waals surface area (Å²) in [4.78, 5) is 36.9. The fourth-order valence-electron chi connectivity index (χ4n) is 3.33. The molecule has 0 atom stereocenters. The van der Waals surface area contributed by atoms with Gasteiger partial charge in [-0.2, -0.15) is 5.01 Å². The number of nitrogens with one attached hydrogen (secondary N) is 2. The zero-order valence-corrected chi connectivity index (χ0v) is 14.4. The number of rotatable bonds is 5. The molecule has 0 bridgehead atoms. The molecule has 3 fully saturated rings. The molecule has 1 spiro atoms. The first-order chi connectivity index (χ1) is 12.1. The van der Waals surface area contributed by atoms with Crippen LogP contribution in [-0.2, 0) is 9.59 Å². The van der Waals surface area contributed by atoms with Gasteiger partial charge in [0.25, 0.3) is 5.91 Å². The minimum Gasteiger partial charge on any atom is -0.322 e. The maximum atomic E-state index is 12.6. The first kappa shape index (κ1) is 16.3. The standard InChI is InChI=1S/C14H19N7O3S/c22-10(8-25-13-16-18-19-20(13)9-4-5-9)17-21-11(23)14(15-12(21)24)6-2-1-3-7-14/h9H,1-8H2,(H,15,24)(H,17,22). The van der Waals surface area contributed by atoms with Gasteiger partial charge in [-0.05, 0) is 36.1 Å². The third-order valence-corrected chi connectivity index (χ3v) is 5.73. The van der Waals surface area contributed by atoms with Crippen molar-refractivity contribution in [2.24, 2.45) is 0 Å². The molecule has 0 unspecified atom stereocenters. The number of hydrazine groups is 1. The number of thioether (sulfide) groups is 1. The SMILES string of the molecule is O=C(CSc1nnnn1C1CC1)NN1C(=O)NC2(CCCCC2)C1=O. The largest absolute Gasteiger partial charge is 0.344 e. The summed E-state index contributed by atoms with van der Waals surface area (Å²) < 4.78 is 1.71. The van der Waals surface area contributed by atoms with Gasteiger partial charge in [0.05, 0.1) is 11.8 Å². The van der Waals surface area contributed by atoms with Gasteiger partial charge in [0, 0.05) is 0 Å². The predicted molar refractivity (Wildman–Crippen MR) is 86.1 cm³/mol. The molecule has 2 heterocycles. The second-order valence-corrected chi connectivity index (χ2v) is 7.62. The Morgan fingerprint density at radius 2 is 2.04 bits per heavy atom. The van der Waals surface area contributed by atoms with Crippen molar-refractivity contribution < 1.29 is 14.4 Å². The van der Waals surface area contributed by atoms with E-state index in [4.69, 9.17) is 0 Å². The van der Waals surface area contributed by atoms with Crippen LogP contribution >= 0.6 is 11.8 Å². The van der Waals surface area contributed by atoms with Gasteiger partial charge in [0.1, 0.15) is 5.54 Å². The molecule has 1 aliphatic heterocycles. The molecule has 2 N–H and O–H groups in total. The zero-order valence-electron chi connectivity index (χ0n) is 13.6. The van der Waals surface area contributed by atoms with Crippen molar-refractivity contribution in [1.29, 1.82) is 0 Å². The second kappa shape index (κ2) is 6.28. The molecular formula is C14H19N7O3S. The molecule has 10 nitrogen and oxygen atoms in total. The smallest absolute Gasteiger partial charge is 0.322 e. The maximum absolute atomic E-state index is 12.6. The van der Waals surface area contributed by atoms with E-state index in [1.807, 2.05) is 0 Å². The third kappa shape index (κ3) is 3.08. The maximum Gasteiger partial charge on any atom is 0.344 e. The lowest BCUT2D eigenvalue weighted by molar-refractivity contribution is -0.139. The molecule has 0 radical (unpaired) electrons. The molecular weight excluding hydrogens is 346 g/mol. The summed E-state index contributed by atoms with van der Waals surface area (Å²) in [6.45, 7) is 0. The summed E-state index contributed by atoms with van der Waals surface area (Å²) in [7, 11) is 0. The summed E-state index contributed by atoms with van der Waals surface area (Å²) in [6.07, 6.45) is 6.17. The van der Waals surface area contributed by atoms with E-state index in [2.05, 4.69) is 26.3 Å². The first-order valence-corrected chi connectivity index (χ1v) is 9.44. The van der Waals surface area contributed by atoms with E-state index in [0.717, 1.165) is 37.1 Å². The van der Waals surface area contributed by atoms with Crippen LogP contribution in [0.1, 0.15) is 51.0 Å². The third-order valence-electron chi connectivity index (χ3n) is 4.79. The molecule has 25 heavy (non-hydrogen) atoms. The zero-order chi connectivity index (χ0) is 17.4. The Balaban J connectivity index is 1.35. The topological polar surface area (TPSA) is 122 Å². The summed E-state index contributed by atoms with van der Waals surface area (Å²) in [5.74, 6) is -0.776. The van der Waals surface area contributed by atoms with Crippen LogP contribution in [0.2, 0.25) is 0 Å². The molecule has 2 saturated carbocycles. The van der Waals surface area contributed by atoms with Gasteiger partial charge in [-0.25, -0.2) is 9.48 Å². The monoisotopic (exact) mass is 365 g/mol. The minimum absolute atomic E-state index is 0.0250. The van der Waals surface area contributed by atoms with E-state index in [0.29, 0.717) is 24.0 Å². The van der Waals surface area contributed by atoms with Crippen LogP contribution in [0.5, 0.6) is 0 Å². The van der Waals surface area contributed by atoms with Crippen molar-refractivity contribution in [3.8, 4) is 0 Å². The van der Waals surface area contributed by atoms with E-state index in [1.54, 1.807) is 4.68 Å². The number of urea groups is 1. The lowest BCUT2D eigenvalue weighted by atomic mass is 9.82. The normalized spacial score (nSPS) is 22.3. The van der Waals surface area contributed by atoms with Gasteiger partial charge in [-0.1, -0.05) is 31.0 Å². The Labute approximate surface area is 148 Å². The van der Waals surface area contributed by atoms with E-state index < -0.39 is 17.5 Å². The number of hydrogen-bond acceptors (Lipinski definition) is 7. The van der Waals surface area contributed by atoms with Crippen molar-refractivity contribution in [2.75, 3.05) is 5.75 Å². The highest BCUT2D eigenvalue weighted by Gasteiger charge is 2.52. The number of carbonyl (C=O) groups is 3. The number of aromatic nitrogens is 4. The van der Waals surface area contributed by atoms with Gasteiger partial charge in [0.2, 0.25) is 11.1 Å². The van der Waals surface area contributed by atoms with E-state index in [-0.39, 0.29) is 11.7 Å². The van der Waals surface area contributed by atoms with Crippen LogP contribution in [0.3, 0.4) is 0 Å². The molecule has 4 rings (SSSR count). The number of tetrazole rings is 1. The number of nitrogens with zero attached hydrogens (tertiary/aromatic N) is 5. The quantitative estimate of drug-likeness (QED) is 0.571. The highest BCUT2D eigenvalue weighted by molar-refractivity contribution is 7.99. The van der Waals surface area contributed by atoms with Crippen molar-refractivity contribution in [3.05, 3.63) is 0 Å². The van der Waals surface area contributed by atoms with E-state index in [9.17, 15) is 14.4 Å². The van der Waals surface area contributed by atoms with Crippen molar-refractivity contribution >= 4 is 29.6 Å². The Hall–Kier alpha value is -2.17. The summed E-state index contributed by atoms with van der Waals surface area (Å²) in [5.41, 5.74) is 1.57. The highest BCUT2D eigenvalue weighted by Crippen LogP contribution is 2.36. The minimum atomic E-state index is -0.841. The van der Waals surface area contributed by atoms with Crippen LogP contribution in [0, 0.1) is 0 Å². The molecule has 1 saturated heterocycles. The molecule has 2 aliphatic carbocycles. The molecule has 11 heteroatoms. The lowest BCUT2D eigenvalue weighted by Gasteiger charge is -2.30. The van der Waals surface area contributed by atoms with Gasteiger partial charge in [-0.3, -0.25) is 15.0 Å². The summed E-state index contributed by atoms with van der Waals surface area (Å²) in [6, 6.07) is -0.245. The van der Waals surface area contributed by atoms with Crippen molar-refractivity contribution in [1.82, 2.24) is 36.0 Å². The van der Waals surface area contributed by atoms with Gasteiger partial charge >= 0.3 is 6.03 Å². The number of hydrogen-bond donors (Lipinski definition) is 2. The van der Waals surface area contributed by atoms with Gasteiger partial charge < -0.3 is 5.32 Å². The van der Waals surface area contributed by atoms with E-state index in [1.165, 1.54) is 11.8 Å². The number of imide groups is 1. The lowest BCUT2D eigenvalue weighted by Crippen LogP contribution is -2.51. The number of amides is 4. The van der Waals surface area contributed by atoms with Crippen LogP contribution < -0.4 is 10.7 Å². The summed E-state index contributed by atoms with van der Waals surface area (Å²) in [5, 5.41) is 15.6. The average Bonchev–Trinajstić information content (AvgIpc) is 3.31. The molecule has 134 valence electrons. The molecule has 1 aromatic heterocycles. The average molecular weight is 365 g/mol. The van der Waals surface area contributed by atoms with Gasteiger partial charge in [-0.15, -0.1) is 5.10 Å². The van der Waals surface area contributed by atoms with Crippen molar-refractivity contribution in [2.45, 2.75) is 61.7 Å². The Morgan fingerprint density at radius 1 is 1.28 bits per heavy atom. The van der Waals surface area contributed by atoms with Crippen LogP contribution in [-0.4, -0.2) is 54.4 Å². The Bertz CT molecular complexity index is 711.